The largest absolute Gasteiger partial charge is 0.371 e. The highest BCUT2D eigenvalue weighted by molar-refractivity contribution is 5.78. The smallest absolute Gasteiger partial charge is 0.225 e. The number of hydrogen-bond donors (Lipinski definition) is 0. The molecule has 0 radical (unpaired) electrons. The summed E-state index contributed by atoms with van der Waals surface area (Å²) < 4.78 is 5.20. The van der Waals surface area contributed by atoms with Crippen molar-refractivity contribution in [3.8, 4) is 0 Å². The molecule has 0 aliphatic carbocycles. The summed E-state index contributed by atoms with van der Waals surface area (Å²) in [5, 5.41) is 0. The second-order valence-corrected chi connectivity index (χ2v) is 8.46. The van der Waals surface area contributed by atoms with Crippen molar-refractivity contribution in [2.75, 3.05) is 20.2 Å². The van der Waals surface area contributed by atoms with Crippen molar-refractivity contribution in [3.63, 3.8) is 0 Å². The predicted molar refractivity (Wildman–Crippen MR) is 111 cm³/mol. The number of ether oxygens (including phenoxy) is 1. The van der Waals surface area contributed by atoms with E-state index in [9.17, 15) is 4.79 Å². The van der Waals surface area contributed by atoms with Crippen LogP contribution in [0.3, 0.4) is 0 Å². The highest BCUT2D eigenvalue weighted by Gasteiger charge is 2.27. The van der Waals surface area contributed by atoms with Crippen LogP contribution in [0.25, 0.3) is 0 Å². The Hall–Kier alpha value is -0.570. The van der Waals surface area contributed by atoms with Crippen molar-refractivity contribution in [1.82, 2.24) is 4.90 Å². The predicted octanol–water partition coefficient (Wildman–Crippen LogP) is 6.35. The van der Waals surface area contributed by atoms with Gasteiger partial charge in [0.15, 0.2) is 0 Å². The summed E-state index contributed by atoms with van der Waals surface area (Å²) in [5.41, 5.74) is 0. The number of epoxide rings is 1. The molecule has 0 aromatic rings. The second kappa shape index (κ2) is 15.5. The van der Waals surface area contributed by atoms with Crippen LogP contribution >= 0.6 is 0 Å². The van der Waals surface area contributed by atoms with Crippen LogP contribution in [0.15, 0.2) is 0 Å². The molecule has 1 saturated heterocycles. The molecule has 1 fully saturated rings. The van der Waals surface area contributed by atoms with Gasteiger partial charge >= 0.3 is 0 Å². The molecular formula is C23H45NO2. The fraction of sp³-hybridized carbons (Fsp3) is 0.957. The zero-order valence-electron chi connectivity index (χ0n) is 17.9. The third-order valence-electron chi connectivity index (χ3n) is 5.67. The van der Waals surface area contributed by atoms with Gasteiger partial charge in [0.05, 0.1) is 12.7 Å². The molecule has 1 amide bonds. The van der Waals surface area contributed by atoms with Crippen molar-refractivity contribution in [2.24, 2.45) is 5.92 Å². The van der Waals surface area contributed by atoms with Crippen LogP contribution in [0, 0.1) is 5.92 Å². The highest BCUT2D eigenvalue weighted by Crippen LogP contribution is 2.17. The molecule has 0 spiro atoms. The van der Waals surface area contributed by atoms with Crippen LogP contribution in [0.4, 0.5) is 0 Å². The van der Waals surface area contributed by atoms with E-state index in [4.69, 9.17) is 4.74 Å². The topological polar surface area (TPSA) is 32.8 Å². The second-order valence-electron chi connectivity index (χ2n) is 8.46. The van der Waals surface area contributed by atoms with Gasteiger partial charge in [0.2, 0.25) is 5.91 Å². The molecule has 1 heterocycles. The van der Waals surface area contributed by atoms with E-state index in [2.05, 4.69) is 13.8 Å². The number of carbonyl (C=O) groups is 1. The Kier molecular flexibility index (Phi) is 14.0. The summed E-state index contributed by atoms with van der Waals surface area (Å²) in [4.78, 5) is 14.1. The van der Waals surface area contributed by atoms with Crippen LogP contribution in [-0.4, -0.2) is 37.1 Å². The monoisotopic (exact) mass is 367 g/mol. The van der Waals surface area contributed by atoms with Gasteiger partial charge in [-0.25, -0.2) is 0 Å². The molecule has 0 aromatic carbocycles. The van der Waals surface area contributed by atoms with E-state index < -0.39 is 0 Å². The summed E-state index contributed by atoms with van der Waals surface area (Å²) >= 11 is 0. The van der Waals surface area contributed by atoms with E-state index in [1.807, 2.05) is 11.9 Å². The van der Waals surface area contributed by atoms with Gasteiger partial charge in [-0.15, -0.1) is 0 Å². The Balaban J connectivity index is 1.80. The first-order valence-electron chi connectivity index (χ1n) is 11.5. The number of likely N-dealkylation sites (N-methyl/N-ethyl adjacent to an activating group) is 1. The average molecular weight is 368 g/mol. The molecule has 0 aromatic heterocycles. The molecule has 3 heteroatoms. The SMILES string of the molecule is CCCCCCCCCCCCCCCCC(C)C(=O)N(C)CC1CO1. The van der Waals surface area contributed by atoms with E-state index in [1.54, 1.807) is 0 Å². The minimum Gasteiger partial charge on any atom is -0.371 e. The van der Waals surface area contributed by atoms with Crippen molar-refractivity contribution in [3.05, 3.63) is 0 Å². The van der Waals surface area contributed by atoms with Crippen LogP contribution < -0.4 is 0 Å². The summed E-state index contributed by atoms with van der Waals surface area (Å²) in [5.74, 6) is 0.450. The molecule has 1 rings (SSSR count). The van der Waals surface area contributed by atoms with Gasteiger partial charge in [-0.2, -0.15) is 0 Å². The maximum Gasteiger partial charge on any atom is 0.225 e. The lowest BCUT2D eigenvalue weighted by Gasteiger charge is -2.20. The van der Waals surface area contributed by atoms with Crippen molar-refractivity contribution < 1.29 is 9.53 Å². The quantitative estimate of drug-likeness (QED) is 0.209. The molecular weight excluding hydrogens is 322 g/mol. The van der Waals surface area contributed by atoms with Gasteiger partial charge in [0.25, 0.3) is 0 Å². The van der Waals surface area contributed by atoms with Gasteiger partial charge in [0, 0.05) is 19.5 Å². The summed E-state index contributed by atoms with van der Waals surface area (Å²) in [6.07, 6.45) is 20.7. The van der Waals surface area contributed by atoms with E-state index in [0.717, 1.165) is 19.6 Å². The van der Waals surface area contributed by atoms with Crippen LogP contribution in [0.2, 0.25) is 0 Å². The highest BCUT2D eigenvalue weighted by atomic mass is 16.6. The first kappa shape index (κ1) is 23.5. The zero-order valence-corrected chi connectivity index (χ0v) is 17.9. The Morgan fingerprint density at radius 3 is 1.73 bits per heavy atom. The fourth-order valence-corrected chi connectivity index (χ4v) is 3.71. The minimum absolute atomic E-state index is 0.163. The van der Waals surface area contributed by atoms with Crippen LogP contribution in [0.1, 0.15) is 110 Å². The van der Waals surface area contributed by atoms with Crippen LogP contribution in [-0.2, 0) is 9.53 Å². The Morgan fingerprint density at radius 2 is 1.31 bits per heavy atom. The minimum atomic E-state index is 0.163. The molecule has 2 atom stereocenters. The Bertz CT molecular complexity index is 341. The fourth-order valence-electron chi connectivity index (χ4n) is 3.71. The van der Waals surface area contributed by atoms with E-state index >= 15 is 0 Å². The summed E-state index contributed by atoms with van der Waals surface area (Å²) in [6, 6.07) is 0. The van der Waals surface area contributed by atoms with Crippen molar-refractivity contribution >= 4 is 5.91 Å². The lowest BCUT2D eigenvalue weighted by atomic mass is 10.00. The molecule has 0 N–H and O–H groups in total. The number of unbranched alkanes of at least 4 members (excludes halogenated alkanes) is 13. The Morgan fingerprint density at radius 1 is 0.885 bits per heavy atom. The number of hydrogen-bond acceptors (Lipinski definition) is 2. The molecule has 154 valence electrons. The number of nitrogens with zero attached hydrogens (tertiary/aromatic N) is 1. The van der Waals surface area contributed by atoms with Gasteiger partial charge in [-0.05, 0) is 6.42 Å². The number of carbonyl (C=O) groups excluding carboxylic acids is 1. The van der Waals surface area contributed by atoms with Crippen molar-refractivity contribution in [1.29, 1.82) is 0 Å². The number of rotatable bonds is 18. The molecule has 1 aliphatic rings. The van der Waals surface area contributed by atoms with Crippen molar-refractivity contribution in [2.45, 2.75) is 116 Å². The first-order chi connectivity index (χ1) is 12.6. The summed E-state index contributed by atoms with van der Waals surface area (Å²) in [7, 11) is 1.91. The maximum atomic E-state index is 12.2. The third-order valence-corrected chi connectivity index (χ3v) is 5.67. The average Bonchev–Trinajstić information content (AvgIpc) is 3.45. The molecule has 26 heavy (non-hydrogen) atoms. The lowest BCUT2D eigenvalue weighted by Crippen LogP contribution is -2.34. The van der Waals surface area contributed by atoms with E-state index in [-0.39, 0.29) is 11.8 Å². The first-order valence-corrected chi connectivity index (χ1v) is 11.5. The third kappa shape index (κ3) is 12.7. The van der Waals surface area contributed by atoms with Gasteiger partial charge in [-0.1, -0.05) is 104 Å². The lowest BCUT2D eigenvalue weighted by molar-refractivity contribution is -0.134. The van der Waals surface area contributed by atoms with E-state index in [0.29, 0.717) is 6.10 Å². The van der Waals surface area contributed by atoms with Gasteiger partial charge < -0.3 is 9.64 Å². The standard InChI is InChI=1S/C23H45NO2/c1-4-5-6-7-8-9-10-11-12-13-14-15-16-17-18-21(2)23(25)24(3)19-22-20-26-22/h21-22H,4-20H2,1-3H3. The molecule has 1 aliphatic heterocycles. The molecule has 2 unspecified atom stereocenters. The summed E-state index contributed by atoms with van der Waals surface area (Å²) in [6.45, 7) is 5.95. The normalized spacial score (nSPS) is 17.3. The van der Waals surface area contributed by atoms with E-state index in [1.165, 1.54) is 89.9 Å². The van der Waals surface area contributed by atoms with Gasteiger partial charge in [-0.3, -0.25) is 4.79 Å². The molecule has 3 nitrogen and oxygen atoms in total. The van der Waals surface area contributed by atoms with Gasteiger partial charge in [0.1, 0.15) is 0 Å². The Labute approximate surface area is 163 Å². The van der Waals surface area contributed by atoms with Crippen LogP contribution in [0.5, 0.6) is 0 Å². The molecule has 0 bridgehead atoms. The molecule has 0 saturated carbocycles. The number of amides is 1. The maximum absolute atomic E-state index is 12.2. The zero-order chi connectivity index (χ0) is 19.0.